The maximum Gasteiger partial charge on any atom is 0.255 e. The Morgan fingerprint density at radius 1 is 0.793 bits per heavy atom. The molecule has 4 rings (SSSR count). The molecule has 3 aromatic rings. The van der Waals surface area contributed by atoms with Crippen LogP contribution in [0.15, 0.2) is 72.8 Å². The van der Waals surface area contributed by atoms with Crippen molar-refractivity contribution in [1.29, 1.82) is 0 Å². The fourth-order valence-corrected chi connectivity index (χ4v) is 3.81. The van der Waals surface area contributed by atoms with Crippen LogP contribution in [0, 0.1) is 20.8 Å². The van der Waals surface area contributed by atoms with Crippen molar-refractivity contribution in [3.8, 4) is 0 Å². The predicted molar refractivity (Wildman–Crippen MR) is 116 cm³/mol. The van der Waals surface area contributed by atoms with E-state index in [0.717, 1.165) is 33.6 Å². The van der Waals surface area contributed by atoms with Crippen LogP contribution in [0.5, 0.6) is 0 Å². The summed E-state index contributed by atoms with van der Waals surface area (Å²) in [6.45, 7) is 6.00. The molecular formula is C25H24N2O2. The van der Waals surface area contributed by atoms with Crippen LogP contribution in [0.1, 0.15) is 28.3 Å². The maximum atomic E-state index is 13.7. The van der Waals surface area contributed by atoms with Crippen molar-refractivity contribution in [2.45, 2.75) is 26.8 Å². The molecule has 29 heavy (non-hydrogen) atoms. The van der Waals surface area contributed by atoms with E-state index in [4.69, 9.17) is 0 Å². The van der Waals surface area contributed by atoms with Crippen molar-refractivity contribution >= 4 is 23.2 Å². The smallest absolute Gasteiger partial charge is 0.255 e. The first-order valence-corrected chi connectivity index (χ1v) is 9.78. The Balaban J connectivity index is 1.84. The molecule has 1 heterocycles. The molecule has 2 amide bonds. The van der Waals surface area contributed by atoms with Gasteiger partial charge in [-0.05, 0) is 55.7 Å². The summed E-state index contributed by atoms with van der Waals surface area (Å²) >= 11 is 0. The molecule has 4 heteroatoms. The summed E-state index contributed by atoms with van der Waals surface area (Å²) in [4.78, 5) is 30.3. The first kappa shape index (κ1) is 18.9. The van der Waals surface area contributed by atoms with E-state index in [1.807, 2.05) is 93.6 Å². The van der Waals surface area contributed by atoms with Crippen LogP contribution >= 0.6 is 0 Å². The summed E-state index contributed by atoms with van der Waals surface area (Å²) in [7, 11) is 0. The van der Waals surface area contributed by atoms with Crippen LogP contribution < -0.4 is 9.80 Å². The van der Waals surface area contributed by atoms with Crippen molar-refractivity contribution in [3.05, 3.63) is 95.1 Å². The molecule has 0 aliphatic carbocycles. The van der Waals surface area contributed by atoms with E-state index in [-0.39, 0.29) is 18.4 Å². The molecule has 1 aliphatic rings. The molecule has 0 radical (unpaired) electrons. The Labute approximate surface area is 171 Å². The Kier molecular flexibility index (Phi) is 4.93. The average molecular weight is 384 g/mol. The van der Waals surface area contributed by atoms with Gasteiger partial charge in [0.15, 0.2) is 0 Å². The number of rotatable bonds is 3. The molecule has 1 aliphatic heterocycles. The Bertz CT molecular complexity index is 1060. The van der Waals surface area contributed by atoms with Gasteiger partial charge in [-0.3, -0.25) is 14.5 Å². The predicted octanol–water partition coefficient (Wildman–Crippen LogP) is 4.73. The van der Waals surface area contributed by atoms with Gasteiger partial charge < -0.3 is 4.90 Å². The number of carbonyl (C=O) groups excluding carboxylic acids is 2. The molecule has 0 spiro atoms. The van der Waals surface area contributed by atoms with Crippen LogP contribution in [0.25, 0.3) is 0 Å². The molecule has 0 N–H and O–H groups in total. The highest BCUT2D eigenvalue weighted by molar-refractivity contribution is 6.14. The Morgan fingerprint density at radius 2 is 1.45 bits per heavy atom. The summed E-state index contributed by atoms with van der Waals surface area (Å²) in [5.41, 5.74) is 5.49. The number of nitrogens with zero attached hydrogens (tertiary/aromatic N) is 2. The molecule has 0 bridgehead atoms. The SMILES string of the molecule is Cc1ccc(N2CC(=O)N(c3cc(C)ccc3C)C(c3ccccc3)C2=O)cc1. The third kappa shape index (κ3) is 3.54. The van der Waals surface area contributed by atoms with Gasteiger partial charge in [0.05, 0.1) is 0 Å². The van der Waals surface area contributed by atoms with Gasteiger partial charge in [0, 0.05) is 11.4 Å². The lowest BCUT2D eigenvalue weighted by atomic mass is 9.98. The lowest BCUT2D eigenvalue weighted by Gasteiger charge is -2.41. The fraction of sp³-hybridized carbons (Fsp3) is 0.200. The van der Waals surface area contributed by atoms with Crippen molar-refractivity contribution in [3.63, 3.8) is 0 Å². The molecule has 1 unspecified atom stereocenters. The molecule has 146 valence electrons. The summed E-state index contributed by atoms with van der Waals surface area (Å²) < 4.78 is 0. The first-order valence-electron chi connectivity index (χ1n) is 9.78. The van der Waals surface area contributed by atoms with Crippen LogP contribution in [0.2, 0.25) is 0 Å². The molecule has 0 saturated carbocycles. The largest absolute Gasteiger partial charge is 0.301 e. The molecule has 1 fully saturated rings. The van der Waals surface area contributed by atoms with Gasteiger partial charge in [-0.25, -0.2) is 0 Å². The lowest BCUT2D eigenvalue weighted by molar-refractivity contribution is -0.128. The number of aryl methyl sites for hydroxylation is 3. The number of piperazine rings is 1. The van der Waals surface area contributed by atoms with E-state index in [1.54, 1.807) is 9.80 Å². The van der Waals surface area contributed by atoms with Gasteiger partial charge in [0.2, 0.25) is 5.91 Å². The van der Waals surface area contributed by atoms with Crippen molar-refractivity contribution < 1.29 is 9.59 Å². The summed E-state index contributed by atoms with van der Waals surface area (Å²) in [5, 5.41) is 0. The van der Waals surface area contributed by atoms with Gasteiger partial charge >= 0.3 is 0 Å². The Morgan fingerprint density at radius 3 is 2.14 bits per heavy atom. The van der Waals surface area contributed by atoms with E-state index in [9.17, 15) is 9.59 Å². The zero-order valence-corrected chi connectivity index (χ0v) is 16.9. The number of hydrogen-bond donors (Lipinski definition) is 0. The molecule has 4 nitrogen and oxygen atoms in total. The number of carbonyl (C=O) groups is 2. The average Bonchev–Trinajstić information content (AvgIpc) is 2.72. The van der Waals surface area contributed by atoms with Gasteiger partial charge in [-0.15, -0.1) is 0 Å². The zero-order valence-electron chi connectivity index (χ0n) is 16.9. The molecule has 1 atom stereocenters. The highest BCUT2D eigenvalue weighted by Crippen LogP contribution is 2.36. The fourth-order valence-electron chi connectivity index (χ4n) is 3.81. The van der Waals surface area contributed by atoms with Crippen LogP contribution in [-0.2, 0) is 9.59 Å². The maximum absolute atomic E-state index is 13.7. The normalized spacial score (nSPS) is 17.0. The summed E-state index contributed by atoms with van der Waals surface area (Å²) in [6, 6.07) is 22.6. The van der Waals surface area contributed by atoms with Crippen molar-refractivity contribution in [2.75, 3.05) is 16.3 Å². The van der Waals surface area contributed by atoms with E-state index in [0.29, 0.717) is 0 Å². The van der Waals surface area contributed by atoms with Gasteiger partial charge in [-0.1, -0.05) is 60.2 Å². The number of anilines is 2. The monoisotopic (exact) mass is 384 g/mol. The highest BCUT2D eigenvalue weighted by Gasteiger charge is 2.42. The van der Waals surface area contributed by atoms with E-state index < -0.39 is 6.04 Å². The van der Waals surface area contributed by atoms with Gasteiger partial charge in [-0.2, -0.15) is 0 Å². The van der Waals surface area contributed by atoms with Crippen molar-refractivity contribution in [2.24, 2.45) is 0 Å². The minimum absolute atomic E-state index is 0.0264. The topological polar surface area (TPSA) is 40.6 Å². The minimum Gasteiger partial charge on any atom is -0.301 e. The quantitative estimate of drug-likeness (QED) is 0.655. The highest BCUT2D eigenvalue weighted by atomic mass is 16.2. The second-order valence-corrected chi connectivity index (χ2v) is 7.63. The van der Waals surface area contributed by atoms with Crippen molar-refractivity contribution in [1.82, 2.24) is 0 Å². The van der Waals surface area contributed by atoms with Crippen LogP contribution in [0.3, 0.4) is 0 Å². The standard InChI is InChI=1S/C25H24N2O2/c1-17-10-13-21(14-11-17)26-16-23(28)27(22-15-18(2)9-12-19(22)3)24(25(26)29)20-7-5-4-6-8-20/h4-15,24H,16H2,1-3H3. The molecule has 3 aromatic carbocycles. The molecular weight excluding hydrogens is 360 g/mol. The van der Waals surface area contributed by atoms with Gasteiger partial charge in [0.25, 0.3) is 5.91 Å². The number of benzene rings is 3. The van der Waals surface area contributed by atoms with E-state index >= 15 is 0 Å². The Hall–Kier alpha value is -3.40. The molecule has 0 aromatic heterocycles. The van der Waals surface area contributed by atoms with E-state index in [2.05, 4.69) is 0 Å². The van der Waals surface area contributed by atoms with Gasteiger partial charge in [0.1, 0.15) is 12.6 Å². The summed E-state index contributed by atoms with van der Waals surface area (Å²) in [5.74, 6) is -0.187. The zero-order chi connectivity index (χ0) is 20.5. The minimum atomic E-state index is -0.695. The second kappa shape index (κ2) is 7.55. The number of hydrogen-bond acceptors (Lipinski definition) is 2. The number of amides is 2. The first-order chi connectivity index (χ1) is 14.0. The molecule has 1 saturated heterocycles. The van der Waals surface area contributed by atoms with E-state index in [1.165, 1.54) is 0 Å². The third-order valence-electron chi connectivity index (χ3n) is 5.41. The van der Waals surface area contributed by atoms with Crippen LogP contribution in [0.4, 0.5) is 11.4 Å². The second-order valence-electron chi connectivity index (χ2n) is 7.63. The third-order valence-corrected chi connectivity index (χ3v) is 5.41. The summed E-state index contributed by atoms with van der Waals surface area (Å²) in [6.07, 6.45) is 0. The van der Waals surface area contributed by atoms with Crippen LogP contribution in [-0.4, -0.2) is 18.4 Å². The lowest BCUT2D eigenvalue weighted by Crippen LogP contribution is -2.56.